The number of hydrogen-bond acceptors (Lipinski definition) is 2. The Hall–Kier alpha value is -1.68. The largest absolute Gasteiger partial charge is 0.398 e. The lowest BCUT2D eigenvalue weighted by molar-refractivity contribution is 0.103. The number of nitrogen functional groups attached to an aromatic ring is 1. The number of benzene rings is 2. The summed E-state index contributed by atoms with van der Waals surface area (Å²) in [5.41, 5.74) is 6.97. The summed E-state index contributed by atoms with van der Waals surface area (Å²) in [6, 6.07) is 10.5. The first kappa shape index (κ1) is 15.4. The molecular formula is C15H15BrFNO. The summed E-state index contributed by atoms with van der Waals surface area (Å²) in [7, 11) is 0. The predicted octanol–water partition coefficient (Wildman–Crippen LogP) is 4.43. The van der Waals surface area contributed by atoms with E-state index in [1.54, 1.807) is 18.2 Å². The minimum absolute atomic E-state index is 0.219. The Morgan fingerprint density at radius 1 is 1.11 bits per heavy atom. The lowest BCUT2D eigenvalue weighted by Crippen LogP contribution is -2.05. The van der Waals surface area contributed by atoms with Gasteiger partial charge in [-0.1, -0.05) is 29.8 Å². The number of hydrogen-bond donors (Lipinski definition) is 1. The minimum atomic E-state index is -0.372. The highest BCUT2D eigenvalue weighted by Crippen LogP contribution is 2.21. The first-order chi connectivity index (χ1) is 9.08. The summed E-state index contributed by atoms with van der Waals surface area (Å²) < 4.78 is 13.5. The van der Waals surface area contributed by atoms with Gasteiger partial charge in [0.2, 0.25) is 0 Å². The van der Waals surface area contributed by atoms with Crippen molar-refractivity contribution in [2.24, 2.45) is 0 Å². The maximum absolute atomic E-state index is 12.8. The summed E-state index contributed by atoms with van der Waals surface area (Å²) >= 11 is 3.28. The van der Waals surface area contributed by atoms with E-state index in [9.17, 15) is 9.18 Å². The van der Waals surface area contributed by atoms with Gasteiger partial charge in [0.1, 0.15) is 5.82 Å². The minimum Gasteiger partial charge on any atom is -0.398 e. The molecule has 0 fully saturated rings. The molecule has 0 aromatic heterocycles. The zero-order valence-corrected chi connectivity index (χ0v) is 12.4. The van der Waals surface area contributed by atoms with E-state index in [0.717, 1.165) is 4.47 Å². The smallest absolute Gasteiger partial charge is 0.195 e. The first-order valence-electron chi connectivity index (χ1n) is 5.93. The number of carbonyl (C=O) groups excluding carboxylic acids is 1. The first-order valence-corrected chi connectivity index (χ1v) is 6.72. The van der Waals surface area contributed by atoms with Crippen molar-refractivity contribution in [3.8, 4) is 0 Å². The molecular weight excluding hydrogens is 309 g/mol. The third-order valence-electron chi connectivity index (χ3n) is 2.37. The standard InChI is InChI=1S/C13H9BrFNO.C2H6/c14-9-3-6-12(16)11(7-9)13(17)8-1-4-10(15)5-2-8;1-2/h1-7H,16H2;1-2H3. The van der Waals surface area contributed by atoms with Crippen LogP contribution in [-0.4, -0.2) is 5.78 Å². The highest BCUT2D eigenvalue weighted by Gasteiger charge is 2.12. The summed E-state index contributed by atoms with van der Waals surface area (Å²) in [4.78, 5) is 12.1. The second-order valence-electron chi connectivity index (χ2n) is 3.57. The van der Waals surface area contributed by atoms with Crippen LogP contribution in [0.4, 0.5) is 10.1 Å². The molecule has 2 aromatic carbocycles. The van der Waals surface area contributed by atoms with Crippen LogP contribution >= 0.6 is 15.9 Å². The molecule has 0 bridgehead atoms. The molecule has 4 heteroatoms. The molecule has 19 heavy (non-hydrogen) atoms. The van der Waals surface area contributed by atoms with Crippen molar-refractivity contribution in [2.45, 2.75) is 13.8 Å². The van der Waals surface area contributed by atoms with Gasteiger partial charge in [0, 0.05) is 21.3 Å². The van der Waals surface area contributed by atoms with E-state index in [1.165, 1.54) is 24.3 Å². The molecule has 0 saturated carbocycles. The lowest BCUT2D eigenvalue weighted by atomic mass is 10.0. The van der Waals surface area contributed by atoms with Crippen LogP contribution in [0.2, 0.25) is 0 Å². The van der Waals surface area contributed by atoms with Crippen molar-refractivity contribution in [2.75, 3.05) is 5.73 Å². The van der Waals surface area contributed by atoms with Crippen molar-refractivity contribution < 1.29 is 9.18 Å². The summed E-state index contributed by atoms with van der Waals surface area (Å²) in [6.45, 7) is 4.00. The van der Waals surface area contributed by atoms with Gasteiger partial charge in [-0.2, -0.15) is 0 Å². The Morgan fingerprint density at radius 2 is 1.68 bits per heavy atom. The molecule has 0 aliphatic rings. The van der Waals surface area contributed by atoms with Gasteiger partial charge in [-0.05, 0) is 42.5 Å². The fourth-order valence-electron chi connectivity index (χ4n) is 1.48. The maximum atomic E-state index is 12.8. The molecule has 2 aromatic rings. The lowest BCUT2D eigenvalue weighted by Gasteiger charge is -2.05. The maximum Gasteiger partial charge on any atom is 0.195 e. The molecule has 0 unspecified atom stereocenters. The number of anilines is 1. The molecule has 0 atom stereocenters. The number of carbonyl (C=O) groups is 1. The number of ketones is 1. The third kappa shape index (κ3) is 3.89. The third-order valence-corrected chi connectivity index (χ3v) is 2.86. The fourth-order valence-corrected chi connectivity index (χ4v) is 1.84. The normalized spacial score (nSPS) is 9.47. The van der Waals surface area contributed by atoms with Gasteiger partial charge >= 0.3 is 0 Å². The average molecular weight is 324 g/mol. The number of halogens is 2. The van der Waals surface area contributed by atoms with Gasteiger partial charge in [0.05, 0.1) is 0 Å². The molecule has 2 N–H and O–H groups in total. The Kier molecular flexibility index (Phi) is 5.70. The number of rotatable bonds is 2. The van der Waals surface area contributed by atoms with Crippen molar-refractivity contribution in [1.29, 1.82) is 0 Å². The molecule has 2 rings (SSSR count). The summed E-state index contributed by atoms with van der Waals surface area (Å²) in [5, 5.41) is 0. The monoisotopic (exact) mass is 323 g/mol. The molecule has 100 valence electrons. The van der Waals surface area contributed by atoms with Crippen LogP contribution in [-0.2, 0) is 0 Å². The zero-order valence-electron chi connectivity index (χ0n) is 10.8. The van der Waals surface area contributed by atoms with Crippen molar-refractivity contribution in [3.05, 3.63) is 63.9 Å². The highest BCUT2D eigenvalue weighted by atomic mass is 79.9. The van der Waals surface area contributed by atoms with E-state index >= 15 is 0 Å². The van der Waals surface area contributed by atoms with Crippen LogP contribution in [0, 0.1) is 5.82 Å². The Bertz CT molecular complexity index is 567. The van der Waals surface area contributed by atoms with E-state index in [0.29, 0.717) is 16.8 Å². The van der Waals surface area contributed by atoms with E-state index in [2.05, 4.69) is 15.9 Å². The molecule has 0 saturated heterocycles. The Morgan fingerprint density at radius 3 is 2.26 bits per heavy atom. The van der Waals surface area contributed by atoms with Crippen LogP contribution in [0.5, 0.6) is 0 Å². The van der Waals surface area contributed by atoms with Gasteiger partial charge < -0.3 is 5.73 Å². The van der Waals surface area contributed by atoms with Gasteiger partial charge in [-0.25, -0.2) is 4.39 Å². The van der Waals surface area contributed by atoms with E-state index in [1.807, 2.05) is 13.8 Å². The molecule has 0 heterocycles. The average Bonchev–Trinajstić information content (AvgIpc) is 2.44. The molecule has 2 nitrogen and oxygen atoms in total. The predicted molar refractivity (Wildman–Crippen MR) is 79.7 cm³/mol. The highest BCUT2D eigenvalue weighted by molar-refractivity contribution is 9.10. The second-order valence-corrected chi connectivity index (χ2v) is 4.48. The van der Waals surface area contributed by atoms with Gasteiger partial charge in [0.15, 0.2) is 5.78 Å². The fraction of sp³-hybridized carbons (Fsp3) is 0.133. The Labute approximate surface area is 120 Å². The van der Waals surface area contributed by atoms with Gasteiger partial charge in [-0.3, -0.25) is 4.79 Å². The van der Waals surface area contributed by atoms with Crippen LogP contribution < -0.4 is 5.73 Å². The van der Waals surface area contributed by atoms with E-state index < -0.39 is 0 Å². The molecule has 0 amide bonds. The van der Waals surface area contributed by atoms with Crippen molar-refractivity contribution in [1.82, 2.24) is 0 Å². The topological polar surface area (TPSA) is 43.1 Å². The van der Waals surface area contributed by atoms with Crippen LogP contribution in [0.1, 0.15) is 29.8 Å². The Balaban J connectivity index is 0.000000861. The molecule has 0 radical (unpaired) electrons. The van der Waals surface area contributed by atoms with Crippen LogP contribution in [0.25, 0.3) is 0 Å². The summed E-state index contributed by atoms with van der Waals surface area (Å²) in [5.74, 6) is -0.590. The van der Waals surface area contributed by atoms with E-state index in [-0.39, 0.29) is 11.6 Å². The van der Waals surface area contributed by atoms with E-state index in [4.69, 9.17) is 5.73 Å². The van der Waals surface area contributed by atoms with Crippen molar-refractivity contribution >= 4 is 27.4 Å². The SMILES string of the molecule is CC.Nc1ccc(Br)cc1C(=O)c1ccc(F)cc1. The zero-order chi connectivity index (χ0) is 14.4. The molecule has 0 spiro atoms. The van der Waals surface area contributed by atoms with Gasteiger partial charge in [0.25, 0.3) is 0 Å². The van der Waals surface area contributed by atoms with Crippen LogP contribution in [0.3, 0.4) is 0 Å². The van der Waals surface area contributed by atoms with Gasteiger partial charge in [-0.15, -0.1) is 0 Å². The second kappa shape index (κ2) is 7.04. The van der Waals surface area contributed by atoms with Crippen molar-refractivity contribution in [3.63, 3.8) is 0 Å². The molecule has 0 aliphatic carbocycles. The quantitative estimate of drug-likeness (QED) is 0.656. The molecule has 0 aliphatic heterocycles. The number of nitrogens with two attached hydrogens (primary N) is 1. The van der Waals surface area contributed by atoms with Crippen LogP contribution in [0.15, 0.2) is 46.9 Å². The summed E-state index contributed by atoms with van der Waals surface area (Å²) in [6.07, 6.45) is 0.